The fourth-order valence-corrected chi connectivity index (χ4v) is 0.992. The summed E-state index contributed by atoms with van der Waals surface area (Å²) in [7, 11) is 1.77. The number of rotatable bonds is 4. The van der Waals surface area contributed by atoms with Gasteiger partial charge in [-0.25, -0.2) is 0 Å². The third-order valence-corrected chi connectivity index (χ3v) is 1.61. The van der Waals surface area contributed by atoms with E-state index in [4.69, 9.17) is 16.3 Å². The van der Waals surface area contributed by atoms with E-state index in [0.717, 1.165) is 5.75 Å². The molecule has 0 heterocycles. The summed E-state index contributed by atoms with van der Waals surface area (Å²) < 4.78 is 5.35. The van der Waals surface area contributed by atoms with Gasteiger partial charge >= 0.3 is 0 Å². The third-order valence-electron chi connectivity index (χ3n) is 1.38. The van der Waals surface area contributed by atoms with E-state index < -0.39 is 0 Å². The number of nitrogens with zero attached hydrogens (tertiary/aromatic N) is 1. The second-order valence-corrected chi connectivity index (χ2v) is 2.78. The molecule has 0 aliphatic carbocycles. The van der Waals surface area contributed by atoms with Gasteiger partial charge in [0.2, 0.25) is 0 Å². The molecule has 0 aliphatic heterocycles. The van der Waals surface area contributed by atoms with Crippen LogP contribution < -0.4 is 4.74 Å². The molecule has 0 radical (unpaired) electrons. The van der Waals surface area contributed by atoms with Crippen molar-refractivity contribution in [2.75, 3.05) is 20.2 Å². The molecule has 66 valence electrons. The molecule has 0 bridgehead atoms. The predicted molar refractivity (Wildman–Crippen MR) is 51.1 cm³/mol. The quantitative estimate of drug-likeness (QED) is 0.660. The maximum absolute atomic E-state index is 5.75. The van der Waals surface area contributed by atoms with E-state index in [1.807, 2.05) is 18.2 Å². The Kier molecular flexibility index (Phi) is 3.91. The van der Waals surface area contributed by atoms with Crippen molar-refractivity contribution < 1.29 is 4.74 Å². The van der Waals surface area contributed by atoms with Gasteiger partial charge in [0, 0.05) is 5.02 Å². The maximum Gasteiger partial charge on any atom is 0.120 e. The van der Waals surface area contributed by atoms with Crippen molar-refractivity contribution in [3.8, 4) is 5.75 Å². The Bertz CT molecular complexity index is 240. The van der Waals surface area contributed by atoms with Gasteiger partial charge in [-0.2, -0.15) is 7.05 Å². The van der Waals surface area contributed by atoms with E-state index in [9.17, 15) is 0 Å². The molecule has 0 aromatic heterocycles. The fourth-order valence-electron chi connectivity index (χ4n) is 0.812. The summed E-state index contributed by atoms with van der Waals surface area (Å²) in [6.07, 6.45) is 0. The van der Waals surface area contributed by atoms with E-state index in [-0.39, 0.29) is 0 Å². The number of benzene rings is 1. The van der Waals surface area contributed by atoms with Crippen molar-refractivity contribution in [2.45, 2.75) is 0 Å². The van der Waals surface area contributed by atoms with Crippen LogP contribution in [-0.4, -0.2) is 20.2 Å². The highest BCUT2D eigenvalue weighted by Gasteiger charge is 1.91. The first kappa shape index (κ1) is 9.36. The zero-order chi connectivity index (χ0) is 8.81. The summed E-state index contributed by atoms with van der Waals surface area (Å²) in [5.74, 6) is 0.797. The molecule has 0 aliphatic rings. The first-order valence-corrected chi connectivity index (χ1v) is 4.14. The molecule has 2 nitrogen and oxygen atoms in total. The van der Waals surface area contributed by atoms with Crippen LogP contribution >= 0.6 is 11.6 Å². The molecule has 0 unspecified atom stereocenters. The molecule has 0 fully saturated rings. The Morgan fingerprint density at radius 3 is 3.00 bits per heavy atom. The van der Waals surface area contributed by atoms with Gasteiger partial charge in [-0.15, -0.1) is 6.54 Å². The molecule has 1 aromatic rings. The summed E-state index contributed by atoms with van der Waals surface area (Å²) >= 11 is 5.75. The van der Waals surface area contributed by atoms with Gasteiger partial charge in [0.25, 0.3) is 0 Å². The van der Waals surface area contributed by atoms with Crippen LogP contribution in [0.1, 0.15) is 0 Å². The lowest BCUT2D eigenvalue weighted by Crippen LogP contribution is -2.00. The standard InChI is InChI=1S/C9H11ClNO/c1-11-5-6-12-9-4-2-3-8(10)7-9/h2-4,7H,5-6H2,1H3/q-1. The predicted octanol–water partition coefficient (Wildman–Crippen LogP) is 2.72. The summed E-state index contributed by atoms with van der Waals surface area (Å²) in [5, 5.41) is 4.61. The van der Waals surface area contributed by atoms with Gasteiger partial charge in [0.15, 0.2) is 0 Å². The largest absolute Gasteiger partial charge is 0.662 e. The van der Waals surface area contributed by atoms with E-state index >= 15 is 0 Å². The smallest absolute Gasteiger partial charge is 0.120 e. The van der Waals surface area contributed by atoms with Crippen molar-refractivity contribution in [2.24, 2.45) is 0 Å². The topological polar surface area (TPSA) is 23.3 Å². The van der Waals surface area contributed by atoms with Crippen LogP contribution in [-0.2, 0) is 0 Å². The Labute approximate surface area is 77.5 Å². The second-order valence-electron chi connectivity index (χ2n) is 2.35. The van der Waals surface area contributed by atoms with Crippen LogP contribution in [0.5, 0.6) is 5.75 Å². The summed E-state index contributed by atoms with van der Waals surface area (Å²) in [6, 6.07) is 7.35. The van der Waals surface area contributed by atoms with Gasteiger partial charge in [-0.3, -0.25) is 0 Å². The lowest BCUT2D eigenvalue weighted by molar-refractivity contribution is 0.335. The summed E-state index contributed by atoms with van der Waals surface area (Å²) in [4.78, 5) is 0. The molecular formula is C9H11ClNO-. The zero-order valence-electron chi connectivity index (χ0n) is 6.96. The highest BCUT2D eigenvalue weighted by Crippen LogP contribution is 2.16. The number of halogens is 1. The molecule has 0 N–H and O–H groups in total. The van der Waals surface area contributed by atoms with E-state index in [0.29, 0.717) is 18.2 Å². The van der Waals surface area contributed by atoms with E-state index in [1.165, 1.54) is 0 Å². The molecule has 0 spiro atoms. The van der Waals surface area contributed by atoms with Gasteiger partial charge in [-0.05, 0) is 18.2 Å². The Balaban J connectivity index is 2.41. The lowest BCUT2D eigenvalue weighted by Gasteiger charge is -2.11. The van der Waals surface area contributed by atoms with Crippen molar-refractivity contribution in [3.63, 3.8) is 0 Å². The average Bonchev–Trinajstić information content (AvgIpc) is 2.05. The normalized spacial score (nSPS) is 9.83. The Morgan fingerprint density at radius 1 is 1.50 bits per heavy atom. The Hall–Kier alpha value is -0.730. The van der Waals surface area contributed by atoms with Crippen LogP contribution in [0.4, 0.5) is 0 Å². The fraction of sp³-hybridized carbons (Fsp3) is 0.333. The van der Waals surface area contributed by atoms with Gasteiger partial charge in [-0.1, -0.05) is 17.7 Å². The number of hydrogen-bond donors (Lipinski definition) is 0. The molecule has 3 heteroatoms. The highest BCUT2D eigenvalue weighted by molar-refractivity contribution is 6.30. The third kappa shape index (κ3) is 3.11. The highest BCUT2D eigenvalue weighted by atomic mass is 35.5. The molecule has 0 amide bonds. The summed E-state index contributed by atoms with van der Waals surface area (Å²) in [6.45, 7) is 1.32. The maximum atomic E-state index is 5.75. The van der Waals surface area contributed by atoms with Gasteiger partial charge in [0.1, 0.15) is 5.75 Å². The number of ether oxygens (including phenoxy) is 1. The first-order chi connectivity index (χ1) is 5.83. The van der Waals surface area contributed by atoms with Crippen LogP contribution in [0.3, 0.4) is 0 Å². The minimum Gasteiger partial charge on any atom is -0.662 e. The van der Waals surface area contributed by atoms with Crippen LogP contribution in [0.25, 0.3) is 5.32 Å². The van der Waals surface area contributed by atoms with Crippen LogP contribution in [0.2, 0.25) is 5.02 Å². The summed E-state index contributed by atoms with van der Waals surface area (Å²) in [5.41, 5.74) is 0. The molecule has 1 aromatic carbocycles. The first-order valence-electron chi connectivity index (χ1n) is 3.77. The van der Waals surface area contributed by atoms with Crippen LogP contribution in [0, 0.1) is 0 Å². The Morgan fingerprint density at radius 2 is 2.33 bits per heavy atom. The molecule has 0 saturated heterocycles. The number of likely N-dealkylation sites (N-methyl/N-ethyl adjacent to an activating group) is 1. The van der Waals surface area contributed by atoms with Gasteiger partial charge in [0.05, 0.1) is 6.61 Å². The number of hydrogen-bond acceptors (Lipinski definition) is 1. The minimum absolute atomic E-state index is 0.608. The SMILES string of the molecule is C[N-]CCOc1cccc(Cl)c1. The van der Waals surface area contributed by atoms with Crippen LogP contribution in [0.15, 0.2) is 24.3 Å². The van der Waals surface area contributed by atoms with Crippen molar-refractivity contribution in [1.82, 2.24) is 0 Å². The average molecular weight is 185 g/mol. The monoisotopic (exact) mass is 184 g/mol. The lowest BCUT2D eigenvalue weighted by atomic mass is 10.3. The van der Waals surface area contributed by atoms with Gasteiger partial charge < -0.3 is 10.1 Å². The van der Waals surface area contributed by atoms with Crippen molar-refractivity contribution in [3.05, 3.63) is 34.6 Å². The van der Waals surface area contributed by atoms with E-state index in [2.05, 4.69) is 5.32 Å². The molecule has 12 heavy (non-hydrogen) atoms. The minimum atomic E-state index is 0.608. The zero-order valence-corrected chi connectivity index (χ0v) is 7.71. The molecular weight excluding hydrogens is 174 g/mol. The molecule has 0 atom stereocenters. The molecule has 1 rings (SSSR count). The van der Waals surface area contributed by atoms with Crippen molar-refractivity contribution in [1.29, 1.82) is 0 Å². The second kappa shape index (κ2) is 5.01. The van der Waals surface area contributed by atoms with E-state index in [1.54, 1.807) is 13.1 Å². The molecule has 0 saturated carbocycles. The van der Waals surface area contributed by atoms with Crippen molar-refractivity contribution >= 4 is 11.6 Å².